The highest BCUT2D eigenvalue weighted by atomic mass is 16.5. The van der Waals surface area contributed by atoms with Crippen LogP contribution in [0.5, 0.6) is 11.5 Å². The van der Waals surface area contributed by atoms with E-state index in [1.54, 1.807) is 26.4 Å². The van der Waals surface area contributed by atoms with Gasteiger partial charge in [-0.15, -0.1) is 0 Å². The Morgan fingerprint density at radius 1 is 1.00 bits per heavy atom. The van der Waals surface area contributed by atoms with E-state index < -0.39 is 5.66 Å². The molecule has 2 N–H and O–H groups in total. The van der Waals surface area contributed by atoms with Gasteiger partial charge in [0.15, 0.2) is 0 Å². The van der Waals surface area contributed by atoms with E-state index in [9.17, 15) is 4.79 Å². The molecule has 1 amide bonds. The summed E-state index contributed by atoms with van der Waals surface area (Å²) in [5.41, 5.74) is 1.50. The second kappa shape index (κ2) is 5.26. The molecule has 0 saturated carbocycles. The van der Waals surface area contributed by atoms with Crippen molar-refractivity contribution in [3.8, 4) is 11.5 Å². The van der Waals surface area contributed by atoms with Crippen LogP contribution in [0, 0.1) is 0 Å². The molecule has 1 aliphatic heterocycles. The van der Waals surface area contributed by atoms with Crippen LogP contribution in [0.15, 0.2) is 42.5 Å². The van der Waals surface area contributed by atoms with Gasteiger partial charge in [0.1, 0.15) is 17.2 Å². The molecule has 1 atom stereocenters. The first-order valence-corrected chi connectivity index (χ1v) is 6.99. The zero-order valence-electron chi connectivity index (χ0n) is 12.8. The van der Waals surface area contributed by atoms with Crippen molar-refractivity contribution in [2.24, 2.45) is 0 Å². The van der Waals surface area contributed by atoms with Crippen molar-refractivity contribution in [2.45, 2.75) is 12.6 Å². The van der Waals surface area contributed by atoms with E-state index in [1.807, 2.05) is 37.3 Å². The highest BCUT2D eigenvalue weighted by Crippen LogP contribution is 2.37. The van der Waals surface area contributed by atoms with Crippen molar-refractivity contribution in [1.29, 1.82) is 0 Å². The van der Waals surface area contributed by atoms with Gasteiger partial charge in [-0.3, -0.25) is 4.79 Å². The number of anilines is 1. The molecule has 0 saturated heterocycles. The minimum absolute atomic E-state index is 0.116. The number of carbonyl (C=O) groups is 1. The fourth-order valence-electron chi connectivity index (χ4n) is 2.73. The summed E-state index contributed by atoms with van der Waals surface area (Å²) < 4.78 is 10.7. The lowest BCUT2D eigenvalue weighted by Crippen LogP contribution is -2.53. The molecular formula is C17H18N2O3. The van der Waals surface area contributed by atoms with Crippen LogP contribution in [0.2, 0.25) is 0 Å². The molecule has 2 aromatic carbocycles. The normalized spacial score (nSPS) is 19.7. The Kier molecular flexibility index (Phi) is 3.41. The Morgan fingerprint density at radius 3 is 2.50 bits per heavy atom. The third-order valence-electron chi connectivity index (χ3n) is 3.87. The van der Waals surface area contributed by atoms with Gasteiger partial charge in [-0.05, 0) is 31.2 Å². The molecule has 0 aromatic heterocycles. The predicted molar refractivity (Wildman–Crippen MR) is 84.4 cm³/mol. The highest BCUT2D eigenvalue weighted by Gasteiger charge is 2.36. The molecule has 5 heteroatoms. The Balaban J connectivity index is 2.07. The number of rotatable bonds is 3. The Bertz CT molecular complexity index is 730. The molecule has 2 aromatic rings. The topological polar surface area (TPSA) is 59.6 Å². The molecule has 3 rings (SSSR count). The summed E-state index contributed by atoms with van der Waals surface area (Å²) in [6, 6.07) is 13.0. The highest BCUT2D eigenvalue weighted by molar-refractivity contribution is 6.02. The van der Waals surface area contributed by atoms with Gasteiger partial charge in [0.05, 0.1) is 19.8 Å². The van der Waals surface area contributed by atoms with Crippen molar-refractivity contribution < 1.29 is 14.3 Å². The summed E-state index contributed by atoms with van der Waals surface area (Å²) in [5, 5.41) is 6.39. The number of para-hydroxylation sites is 1. The van der Waals surface area contributed by atoms with Crippen molar-refractivity contribution in [2.75, 3.05) is 19.5 Å². The maximum absolute atomic E-state index is 12.4. The smallest absolute Gasteiger partial charge is 0.255 e. The average Bonchev–Trinajstić information content (AvgIpc) is 2.54. The van der Waals surface area contributed by atoms with E-state index in [4.69, 9.17) is 9.47 Å². The van der Waals surface area contributed by atoms with Gasteiger partial charge < -0.3 is 20.1 Å². The molecule has 1 heterocycles. The molecule has 0 spiro atoms. The Labute approximate surface area is 129 Å². The summed E-state index contributed by atoms with van der Waals surface area (Å²) in [4.78, 5) is 12.4. The summed E-state index contributed by atoms with van der Waals surface area (Å²) in [6.45, 7) is 1.91. The number of nitrogens with one attached hydrogen (secondary N) is 2. The molecule has 0 aliphatic carbocycles. The predicted octanol–water partition coefficient (Wildman–Crippen LogP) is 2.73. The zero-order chi connectivity index (χ0) is 15.7. The first kappa shape index (κ1) is 14.3. The standard InChI is InChI=1S/C17H18N2O3/c1-17(13-9-8-11(21-2)10-15(13)22-3)18-14-7-5-4-6-12(14)16(20)19-17/h4-10,18H,1-3H3,(H,19,20). The number of ether oxygens (including phenoxy) is 2. The molecule has 114 valence electrons. The number of fused-ring (bicyclic) bond motifs is 1. The Morgan fingerprint density at radius 2 is 1.77 bits per heavy atom. The van der Waals surface area contributed by atoms with E-state index in [0.29, 0.717) is 17.1 Å². The van der Waals surface area contributed by atoms with Crippen LogP contribution in [0.25, 0.3) is 0 Å². The maximum atomic E-state index is 12.4. The largest absolute Gasteiger partial charge is 0.497 e. The third-order valence-corrected chi connectivity index (χ3v) is 3.87. The van der Waals surface area contributed by atoms with Crippen LogP contribution >= 0.6 is 0 Å². The van der Waals surface area contributed by atoms with Crippen LogP contribution in [0.3, 0.4) is 0 Å². The van der Waals surface area contributed by atoms with E-state index in [1.165, 1.54) is 0 Å². The van der Waals surface area contributed by atoms with Crippen molar-refractivity contribution in [3.05, 3.63) is 53.6 Å². The minimum atomic E-state index is -0.761. The van der Waals surface area contributed by atoms with E-state index in [0.717, 1.165) is 11.3 Å². The van der Waals surface area contributed by atoms with E-state index in [-0.39, 0.29) is 5.91 Å². The van der Waals surface area contributed by atoms with Gasteiger partial charge in [-0.1, -0.05) is 12.1 Å². The molecule has 0 fully saturated rings. The maximum Gasteiger partial charge on any atom is 0.255 e. The lowest BCUT2D eigenvalue weighted by atomic mass is 9.95. The monoisotopic (exact) mass is 298 g/mol. The van der Waals surface area contributed by atoms with Gasteiger partial charge >= 0.3 is 0 Å². The van der Waals surface area contributed by atoms with Crippen molar-refractivity contribution >= 4 is 11.6 Å². The third kappa shape index (κ3) is 2.24. The molecule has 0 bridgehead atoms. The van der Waals surface area contributed by atoms with E-state index >= 15 is 0 Å². The molecule has 1 unspecified atom stereocenters. The van der Waals surface area contributed by atoms with Crippen molar-refractivity contribution in [3.63, 3.8) is 0 Å². The van der Waals surface area contributed by atoms with Gasteiger partial charge in [0.25, 0.3) is 5.91 Å². The minimum Gasteiger partial charge on any atom is -0.497 e. The lowest BCUT2D eigenvalue weighted by Gasteiger charge is -2.38. The molecule has 5 nitrogen and oxygen atoms in total. The number of methoxy groups -OCH3 is 2. The van der Waals surface area contributed by atoms with Crippen LogP contribution in [0.1, 0.15) is 22.8 Å². The van der Waals surface area contributed by atoms with Gasteiger partial charge in [-0.25, -0.2) is 0 Å². The number of benzene rings is 2. The van der Waals surface area contributed by atoms with Crippen LogP contribution in [-0.4, -0.2) is 20.1 Å². The van der Waals surface area contributed by atoms with Gasteiger partial charge in [0.2, 0.25) is 0 Å². The number of hydrogen-bond donors (Lipinski definition) is 2. The Hall–Kier alpha value is -2.69. The summed E-state index contributed by atoms with van der Waals surface area (Å²) in [6.07, 6.45) is 0. The van der Waals surface area contributed by atoms with E-state index in [2.05, 4.69) is 10.6 Å². The van der Waals surface area contributed by atoms with Crippen molar-refractivity contribution in [1.82, 2.24) is 5.32 Å². The first-order chi connectivity index (χ1) is 10.6. The summed E-state index contributed by atoms with van der Waals surface area (Å²) >= 11 is 0. The SMILES string of the molecule is COc1ccc(C2(C)NC(=O)c3ccccc3N2)c(OC)c1. The number of hydrogen-bond acceptors (Lipinski definition) is 4. The molecule has 0 radical (unpaired) electrons. The summed E-state index contributed by atoms with van der Waals surface area (Å²) in [7, 11) is 3.20. The van der Waals surface area contributed by atoms with Crippen LogP contribution in [-0.2, 0) is 5.66 Å². The number of amides is 1. The molecule has 1 aliphatic rings. The zero-order valence-corrected chi connectivity index (χ0v) is 12.8. The van der Waals surface area contributed by atoms with Gasteiger partial charge in [-0.2, -0.15) is 0 Å². The fourth-order valence-corrected chi connectivity index (χ4v) is 2.73. The first-order valence-electron chi connectivity index (χ1n) is 6.99. The lowest BCUT2D eigenvalue weighted by molar-refractivity contribution is 0.0905. The van der Waals surface area contributed by atoms with Crippen LogP contribution in [0.4, 0.5) is 5.69 Å². The summed E-state index contributed by atoms with van der Waals surface area (Å²) in [5.74, 6) is 1.23. The molecular weight excluding hydrogens is 280 g/mol. The average molecular weight is 298 g/mol. The van der Waals surface area contributed by atoms with Gasteiger partial charge in [0, 0.05) is 17.3 Å². The second-order valence-corrected chi connectivity index (χ2v) is 5.32. The van der Waals surface area contributed by atoms with Crippen LogP contribution < -0.4 is 20.1 Å². The quantitative estimate of drug-likeness (QED) is 0.914. The fraction of sp³-hybridized carbons (Fsp3) is 0.235. The number of carbonyl (C=O) groups excluding carboxylic acids is 1. The second-order valence-electron chi connectivity index (χ2n) is 5.32. The molecule has 22 heavy (non-hydrogen) atoms.